The average Bonchev–Trinajstić information content (AvgIpc) is 2.57. The maximum atomic E-state index is 8.99. The Morgan fingerprint density at radius 2 is 2.24 bits per heavy atom. The molecule has 0 atom stereocenters. The van der Waals surface area contributed by atoms with E-state index in [-0.39, 0.29) is 6.61 Å². The van der Waals surface area contributed by atoms with Crippen LogP contribution in [0.25, 0.3) is 5.69 Å². The van der Waals surface area contributed by atoms with Gasteiger partial charge in [0, 0.05) is 23.1 Å². The van der Waals surface area contributed by atoms with Crippen LogP contribution in [0.5, 0.6) is 0 Å². The zero-order valence-electron chi connectivity index (χ0n) is 9.32. The second kappa shape index (κ2) is 5.21. The van der Waals surface area contributed by atoms with E-state index in [0.717, 1.165) is 21.4 Å². The molecule has 2 rings (SSSR count). The molecule has 5 heteroatoms. The van der Waals surface area contributed by atoms with Crippen molar-refractivity contribution in [2.75, 3.05) is 6.61 Å². The van der Waals surface area contributed by atoms with E-state index in [1.807, 2.05) is 31.2 Å². The maximum absolute atomic E-state index is 8.99. The van der Waals surface area contributed by atoms with E-state index in [1.54, 1.807) is 4.68 Å². The van der Waals surface area contributed by atoms with Crippen LogP contribution in [-0.2, 0) is 6.42 Å². The summed E-state index contributed by atoms with van der Waals surface area (Å²) in [5, 5.41) is 13.9. The van der Waals surface area contributed by atoms with E-state index in [0.29, 0.717) is 11.6 Å². The van der Waals surface area contributed by atoms with Gasteiger partial charge in [-0.25, -0.2) is 4.68 Å². The molecule has 0 aliphatic heterocycles. The summed E-state index contributed by atoms with van der Waals surface area (Å²) in [4.78, 5) is 0. The van der Waals surface area contributed by atoms with E-state index in [4.69, 9.17) is 16.7 Å². The molecule has 0 aliphatic rings. The number of aliphatic hydroxyl groups is 1. The van der Waals surface area contributed by atoms with E-state index in [9.17, 15) is 0 Å². The Balaban J connectivity index is 2.50. The minimum Gasteiger partial charge on any atom is -0.396 e. The van der Waals surface area contributed by atoms with Crippen LogP contribution >= 0.6 is 27.5 Å². The third-order valence-corrected chi connectivity index (χ3v) is 3.42. The van der Waals surface area contributed by atoms with Crippen molar-refractivity contribution in [2.45, 2.75) is 13.3 Å². The molecule has 0 radical (unpaired) electrons. The number of hydrogen-bond donors (Lipinski definition) is 1. The van der Waals surface area contributed by atoms with Gasteiger partial charge in [-0.1, -0.05) is 33.6 Å². The normalized spacial score (nSPS) is 10.8. The van der Waals surface area contributed by atoms with Crippen molar-refractivity contribution < 1.29 is 5.11 Å². The summed E-state index contributed by atoms with van der Waals surface area (Å²) in [6.07, 6.45) is 0.526. The highest BCUT2D eigenvalue weighted by atomic mass is 79.9. The van der Waals surface area contributed by atoms with Gasteiger partial charge in [0.1, 0.15) is 5.15 Å². The van der Waals surface area contributed by atoms with Gasteiger partial charge in [-0.15, -0.1) is 0 Å². The standard InChI is InChI=1S/C12H12BrClN2O/c1-8-11(5-6-17)12(14)16(15-8)10-4-2-3-9(13)7-10/h2-4,7,17H,5-6H2,1H3. The number of aryl methyl sites for hydroxylation is 1. The van der Waals surface area contributed by atoms with Crippen molar-refractivity contribution in [3.05, 3.63) is 45.1 Å². The van der Waals surface area contributed by atoms with Gasteiger partial charge in [-0.3, -0.25) is 0 Å². The molecule has 1 aromatic heterocycles. The highest BCUT2D eigenvalue weighted by Crippen LogP contribution is 2.25. The van der Waals surface area contributed by atoms with Gasteiger partial charge >= 0.3 is 0 Å². The number of aromatic nitrogens is 2. The van der Waals surface area contributed by atoms with Crippen LogP contribution in [0.4, 0.5) is 0 Å². The van der Waals surface area contributed by atoms with Crippen molar-refractivity contribution >= 4 is 27.5 Å². The van der Waals surface area contributed by atoms with Crippen molar-refractivity contribution in [3.63, 3.8) is 0 Å². The topological polar surface area (TPSA) is 38.0 Å². The van der Waals surface area contributed by atoms with Gasteiger partial charge in [-0.05, 0) is 25.1 Å². The van der Waals surface area contributed by atoms with Gasteiger partial charge in [0.2, 0.25) is 0 Å². The quantitative estimate of drug-likeness (QED) is 0.945. The number of hydrogen-bond acceptors (Lipinski definition) is 2. The Bertz CT molecular complexity index is 539. The van der Waals surface area contributed by atoms with Crippen LogP contribution in [0.3, 0.4) is 0 Å². The lowest BCUT2D eigenvalue weighted by atomic mass is 10.2. The summed E-state index contributed by atoms with van der Waals surface area (Å²) in [6, 6.07) is 7.76. The summed E-state index contributed by atoms with van der Waals surface area (Å²) in [5.41, 5.74) is 2.65. The van der Waals surface area contributed by atoms with Gasteiger partial charge in [0.05, 0.1) is 11.4 Å². The third-order valence-electron chi connectivity index (χ3n) is 2.54. The van der Waals surface area contributed by atoms with Crippen LogP contribution in [0, 0.1) is 6.92 Å². The zero-order chi connectivity index (χ0) is 12.4. The number of nitrogens with zero attached hydrogens (tertiary/aromatic N) is 2. The molecule has 2 aromatic rings. The molecule has 0 unspecified atom stereocenters. The molecule has 1 N–H and O–H groups in total. The highest BCUT2D eigenvalue weighted by Gasteiger charge is 2.13. The molecule has 17 heavy (non-hydrogen) atoms. The van der Waals surface area contributed by atoms with Gasteiger partial charge in [0.25, 0.3) is 0 Å². The summed E-state index contributed by atoms with van der Waals surface area (Å²) < 4.78 is 2.66. The molecule has 0 bridgehead atoms. The van der Waals surface area contributed by atoms with Gasteiger partial charge in [-0.2, -0.15) is 5.10 Å². The first-order valence-electron chi connectivity index (χ1n) is 5.24. The SMILES string of the molecule is Cc1nn(-c2cccc(Br)c2)c(Cl)c1CCO. The molecule has 0 aliphatic carbocycles. The molecule has 1 heterocycles. The molecule has 90 valence electrons. The molecular weight excluding hydrogens is 304 g/mol. The molecule has 0 spiro atoms. The second-order valence-corrected chi connectivity index (χ2v) is 4.99. The molecule has 0 saturated carbocycles. The Kier molecular flexibility index (Phi) is 3.86. The monoisotopic (exact) mass is 314 g/mol. The number of benzene rings is 1. The fourth-order valence-electron chi connectivity index (χ4n) is 1.71. The van der Waals surface area contributed by atoms with E-state index in [2.05, 4.69) is 21.0 Å². The summed E-state index contributed by atoms with van der Waals surface area (Å²) in [5.74, 6) is 0. The van der Waals surface area contributed by atoms with Crippen LogP contribution in [0.2, 0.25) is 5.15 Å². The first-order chi connectivity index (χ1) is 8.13. The molecule has 3 nitrogen and oxygen atoms in total. The number of aliphatic hydroxyl groups excluding tert-OH is 1. The van der Waals surface area contributed by atoms with Gasteiger partial charge in [0.15, 0.2) is 0 Å². The van der Waals surface area contributed by atoms with Crippen molar-refractivity contribution in [1.82, 2.24) is 9.78 Å². The number of rotatable bonds is 3. The number of halogens is 2. The fraction of sp³-hybridized carbons (Fsp3) is 0.250. The molecule has 0 amide bonds. The zero-order valence-corrected chi connectivity index (χ0v) is 11.7. The summed E-state index contributed by atoms with van der Waals surface area (Å²) in [7, 11) is 0. The maximum Gasteiger partial charge on any atom is 0.136 e. The molecule has 0 saturated heterocycles. The first-order valence-corrected chi connectivity index (χ1v) is 6.41. The summed E-state index contributed by atoms with van der Waals surface area (Å²) in [6.45, 7) is 1.97. The van der Waals surface area contributed by atoms with Crippen molar-refractivity contribution in [3.8, 4) is 5.69 Å². The Morgan fingerprint density at radius 1 is 1.47 bits per heavy atom. The smallest absolute Gasteiger partial charge is 0.136 e. The van der Waals surface area contributed by atoms with E-state index >= 15 is 0 Å². The predicted octanol–water partition coefficient (Wildman–Crippen LogP) is 3.13. The summed E-state index contributed by atoms with van der Waals surface area (Å²) >= 11 is 9.69. The van der Waals surface area contributed by atoms with Crippen molar-refractivity contribution in [1.29, 1.82) is 0 Å². The lowest BCUT2D eigenvalue weighted by molar-refractivity contribution is 0.299. The molecular formula is C12H12BrClN2O. The largest absolute Gasteiger partial charge is 0.396 e. The van der Waals surface area contributed by atoms with Crippen LogP contribution < -0.4 is 0 Å². The Morgan fingerprint density at radius 3 is 2.88 bits per heavy atom. The van der Waals surface area contributed by atoms with E-state index < -0.39 is 0 Å². The van der Waals surface area contributed by atoms with Crippen molar-refractivity contribution in [2.24, 2.45) is 0 Å². The van der Waals surface area contributed by atoms with E-state index in [1.165, 1.54) is 0 Å². The highest BCUT2D eigenvalue weighted by molar-refractivity contribution is 9.10. The minimum absolute atomic E-state index is 0.0741. The van der Waals surface area contributed by atoms with Crippen LogP contribution in [-0.4, -0.2) is 21.5 Å². The lowest BCUT2D eigenvalue weighted by Crippen LogP contribution is -1.97. The Hall–Kier alpha value is -0.840. The third kappa shape index (κ3) is 2.54. The average molecular weight is 316 g/mol. The fourth-order valence-corrected chi connectivity index (χ4v) is 2.46. The lowest BCUT2D eigenvalue weighted by Gasteiger charge is -2.03. The van der Waals surface area contributed by atoms with Crippen LogP contribution in [0.1, 0.15) is 11.3 Å². The first kappa shape index (κ1) is 12.6. The van der Waals surface area contributed by atoms with Gasteiger partial charge < -0.3 is 5.11 Å². The Labute approximate surface area is 113 Å². The predicted molar refractivity (Wildman–Crippen MR) is 71.8 cm³/mol. The second-order valence-electron chi connectivity index (χ2n) is 3.72. The minimum atomic E-state index is 0.0741. The van der Waals surface area contributed by atoms with Crippen LogP contribution in [0.15, 0.2) is 28.7 Å². The molecule has 0 fully saturated rings. The molecule has 1 aromatic carbocycles.